The van der Waals surface area contributed by atoms with E-state index in [1.807, 2.05) is 34.1 Å². The summed E-state index contributed by atoms with van der Waals surface area (Å²) in [7, 11) is 3.30. The molecule has 1 aromatic carbocycles. The van der Waals surface area contributed by atoms with E-state index in [9.17, 15) is 9.59 Å². The minimum atomic E-state index is 0.161. The van der Waals surface area contributed by atoms with E-state index >= 15 is 0 Å². The summed E-state index contributed by atoms with van der Waals surface area (Å²) in [6, 6.07) is 7.69. The van der Waals surface area contributed by atoms with Gasteiger partial charge in [-0.05, 0) is 42.4 Å². The first kappa shape index (κ1) is 19.7. The normalized spacial score (nSPS) is 19.4. The number of hydrogen-bond donors (Lipinski definition) is 0. The van der Waals surface area contributed by atoms with E-state index < -0.39 is 0 Å². The Morgan fingerprint density at radius 1 is 1.19 bits per heavy atom. The highest BCUT2D eigenvalue weighted by Crippen LogP contribution is 2.40. The predicted molar refractivity (Wildman–Crippen MR) is 103 cm³/mol. The van der Waals surface area contributed by atoms with Crippen molar-refractivity contribution in [2.24, 2.45) is 5.41 Å². The largest absolute Gasteiger partial charge is 0.497 e. The highest BCUT2D eigenvalue weighted by molar-refractivity contribution is 5.79. The summed E-state index contributed by atoms with van der Waals surface area (Å²) >= 11 is 0. The van der Waals surface area contributed by atoms with Crippen molar-refractivity contribution in [2.45, 2.75) is 32.1 Å². The van der Waals surface area contributed by atoms with Crippen molar-refractivity contribution in [3.63, 3.8) is 0 Å². The zero-order chi connectivity index (χ0) is 19.3. The fraction of sp³-hybridized carbons (Fsp3) is 0.619. The average molecular weight is 374 g/mol. The molecule has 0 atom stereocenters. The zero-order valence-electron chi connectivity index (χ0n) is 16.4. The summed E-state index contributed by atoms with van der Waals surface area (Å²) in [5.41, 5.74) is 1.14. The highest BCUT2D eigenvalue weighted by Gasteiger charge is 2.41. The van der Waals surface area contributed by atoms with Crippen molar-refractivity contribution in [2.75, 3.05) is 47.0 Å². The predicted octanol–water partition coefficient (Wildman–Crippen LogP) is 2.12. The second-order valence-corrected chi connectivity index (χ2v) is 7.72. The Balaban J connectivity index is 1.54. The van der Waals surface area contributed by atoms with E-state index in [4.69, 9.17) is 9.47 Å². The molecule has 0 N–H and O–H groups in total. The second kappa shape index (κ2) is 8.74. The number of benzene rings is 1. The Kier molecular flexibility index (Phi) is 6.37. The Morgan fingerprint density at radius 2 is 1.96 bits per heavy atom. The molecule has 2 fully saturated rings. The number of amides is 2. The quantitative estimate of drug-likeness (QED) is 0.765. The first-order valence-electron chi connectivity index (χ1n) is 9.73. The topological polar surface area (TPSA) is 59.1 Å². The van der Waals surface area contributed by atoms with Gasteiger partial charge in [-0.25, -0.2) is 0 Å². The summed E-state index contributed by atoms with van der Waals surface area (Å²) in [6.07, 6.45) is 3.89. The Hall–Kier alpha value is -2.08. The van der Waals surface area contributed by atoms with Crippen LogP contribution in [-0.4, -0.2) is 68.6 Å². The maximum atomic E-state index is 12.7. The Bertz CT molecular complexity index is 668. The Labute approximate surface area is 161 Å². The van der Waals surface area contributed by atoms with E-state index in [-0.39, 0.29) is 17.2 Å². The number of methoxy groups -OCH3 is 2. The van der Waals surface area contributed by atoms with Gasteiger partial charge in [-0.1, -0.05) is 12.1 Å². The van der Waals surface area contributed by atoms with Crippen LogP contribution < -0.4 is 4.74 Å². The molecule has 0 saturated carbocycles. The maximum absolute atomic E-state index is 12.7. The minimum absolute atomic E-state index is 0.161. The number of nitrogens with zero attached hydrogens (tertiary/aromatic N) is 2. The first-order chi connectivity index (χ1) is 13.0. The highest BCUT2D eigenvalue weighted by atomic mass is 16.5. The van der Waals surface area contributed by atoms with Gasteiger partial charge in [-0.2, -0.15) is 0 Å². The SMILES string of the molecule is COCCN1CC2(CCC1=O)CCN(C(=O)Cc1cccc(OC)c1)CC2. The van der Waals surface area contributed by atoms with Crippen molar-refractivity contribution < 1.29 is 19.1 Å². The molecule has 2 aliphatic heterocycles. The monoisotopic (exact) mass is 374 g/mol. The third kappa shape index (κ3) is 4.80. The maximum Gasteiger partial charge on any atom is 0.226 e. The molecule has 148 valence electrons. The number of rotatable bonds is 6. The van der Waals surface area contributed by atoms with Crippen LogP contribution in [0.4, 0.5) is 0 Å². The first-order valence-corrected chi connectivity index (χ1v) is 9.73. The van der Waals surface area contributed by atoms with Gasteiger partial charge in [0.25, 0.3) is 0 Å². The summed E-state index contributed by atoms with van der Waals surface area (Å²) in [5, 5.41) is 0. The van der Waals surface area contributed by atoms with Crippen molar-refractivity contribution in [3.8, 4) is 5.75 Å². The van der Waals surface area contributed by atoms with Crippen LogP contribution in [0.2, 0.25) is 0 Å². The molecule has 0 aromatic heterocycles. The van der Waals surface area contributed by atoms with Crippen LogP contribution in [0.5, 0.6) is 5.75 Å². The van der Waals surface area contributed by atoms with Gasteiger partial charge in [0, 0.05) is 39.7 Å². The third-order valence-corrected chi connectivity index (χ3v) is 5.98. The molecule has 2 amide bonds. The van der Waals surface area contributed by atoms with Gasteiger partial charge in [0.15, 0.2) is 0 Å². The van der Waals surface area contributed by atoms with Crippen LogP contribution in [0.15, 0.2) is 24.3 Å². The molecule has 2 saturated heterocycles. The standard InChI is InChI=1S/C21H30N2O4/c1-26-13-12-23-16-21(7-6-19(23)24)8-10-22(11-9-21)20(25)15-17-4-3-5-18(14-17)27-2/h3-5,14H,6-13,15-16H2,1-2H3. The number of carbonyl (C=O) groups is 2. The lowest BCUT2D eigenvalue weighted by molar-refractivity contribution is -0.142. The van der Waals surface area contributed by atoms with E-state index in [1.54, 1.807) is 14.2 Å². The number of hydrogen-bond acceptors (Lipinski definition) is 4. The summed E-state index contributed by atoms with van der Waals surface area (Å²) < 4.78 is 10.4. The van der Waals surface area contributed by atoms with Crippen LogP contribution in [0.1, 0.15) is 31.2 Å². The molecular weight excluding hydrogens is 344 g/mol. The van der Waals surface area contributed by atoms with Crippen LogP contribution >= 0.6 is 0 Å². The molecule has 1 aromatic rings. The van der Waals surface area contributed by atoms with E-state index in [0.717, 1.165) is 50.2 Å². The average Bonchev–Trinajstić information content (AvgIpc) is 2.69. The van der Waals surface area contributed by atoms with E-state index in [0.29, 0.717) is 26.0 Å². The smallest absolute Gasteiger partial charge is 0.226 e. The number of likely N-dealkylation sites (tertiary alicyclic amines) is 2. The molecule has 27 heavy (non-hydrogen) atoms. The fourth-order valence-corrected chi connectivity index (χ4v) is 4.21. The van der Waals surface area contributed by atoms with Crippen LogP contribution in [0, 0.1) is 5.41 Å². The lowest BCUT2D eigenvalue weighted by atomic mass is 9.72. The second-order valence-electron chi connectivity index (χ2n) is 7.72. The lowest BCUT2D eigenvalue weighted by Crippen LogP contribution is -2.53. The molecule has 0 aliphatic carbocycles. The summed E-state index contributed by atoms with van der Waals surface area (Å²) in [6.45, 7) is 3.58. The number of piperidine rings is 2. The van der Waals surface area contributed by atoms with E-state index in [1.165, 1.54) is 0 Å². The van der Waals surface area contributed by atoms with Crippen molar-refractivity contribution >= 4 is 11.8 Å². The van der Waals surface area contributed by atoms with Gasteiger partial charge in [-0.3, -0.25) is 9.59 Å². The van der Waals surface area contributed by atoms with Crippen molar-refractivity contribution in [3.05, 3.63) is 29.8 Å². The lowest BCUT2D eigenvalue weighted by Gasteiger charge is -2.47. The molecular formula is C21H30N2O4. The zero-order valence-corrected chi connectivity index (χ0v) is 16.4. The summed E-state index contributed by atoms with van der Waals surface area (Å²) in [5.74, 6) is 1.18. The molecule has 0 bridgehead atoms. The van der Waals surface area contributed by atoms with Gasteiger partial charge in [-0.15, -0.1) is 0 Å². The van der Waals surface area contributed by atoms with Gasteiger partial charge < -0.3 is 19.3 Å². The van der Waals surface area contributed by atoms with Crippen LogP contribution in [-0.2, 0) is 20.7 Å². The Morgan fingerprint density at radius 3 is 2.67 bits per heavy atom. The van der Waals surface area contributed by atoms with Crippen molar-refractivity contribution in [1.82, 2.24) is 9.80 Å². The van der Waals surface area contributed by atoms with Gasteiger partial charge >= 0.3 is 0 Å². The molecule has 0 radical (unpaired) electrons. The van der Waals surface area contributed by atoms with Crippen molar-refractivity contribution in [1.29, 1.82) is 0 Å². The number of carbonyl (C=O) groups excluding carboxylic acids is 2. The molecule has 6 nitrogen and oxygen atoms in total. The molecule has 1 spiro atoms. The third-order valence-electron chi connectivity index (χ3n) is 5.98. The van der Waals surface area contributed by atoms with E-state index in [2.05, 4.69) is 0 Å². The van der Waals surface area contributed by atoms with Crippen LogP contribution in [0.3, 0.4) is 0 Å². The summed E-state index contributed by atoms with van der Waals surface area (Å²) in [4.78, 5) is 28.8. The molecule has 6 heteroatoms. The fourth-order valence-electron chi connectivity index (χ4n) is 4.21. The van der Waals surface area contributed by atoms with Gasteiger partial charge in [0.05, 0.1) is 20.1 Å². The number of ether oxygens (including phenoxy) is 2. The van der Waals surface area contributed by atoms with Gasteiger partial charge in [0.2, 0.25) is 11.8 Å². The van der Waals surface area contributed by atoms with Crippen LogP contribution in [0.25, 0.3) is 0 Å². The molecule has 2 heterocycles. The molecule has 0 unspecified atom stereocenters. The minimum Gasteiger partial charge on any atom is -0.497 e. The van der Waals surface area contributed by atoms with Gasteiger partial charge in [0.1, 0.15) is 5.75 Å². The molecule has 2 aliphatic rings. The molecule has 3 rings (SSSR count).